The molecule has 2 aliphatic rings. The highest BCUT2D eigenvalue weighted by Crippen LogP contribution is 2.28. The smallest absolute Gasteiger partial charge is 0.251 e. The molecule has 1 aliphatic carbocycles. The van der Waals surface area contributed by atoms with Crippen LogP contribution in [-0.2, 0) is 9.59 Å². The van der Waals surface area contributed by atoms with Gasteiger partial charge in [0.2, 0.25) is 5.91 Å². The molecule has 1 aromatic rings. The highest BCUT2D eigenvalue weighted by Gasteiger charge is 2.39. The molecule has 0 radical (unpaired) electrons. The van der Waals surface area contributed by atoms with E-state index in [1.807, 2.05) is 18.2 Å². The standard InChI is InChI=1S/C14H16N2O2/c17-13-8-12(15-9-10-6-7-10)14(18)16(13)11-4-2-1-3-5-11/h1-5,10,12,15H,6-9H2. The van der Waals surface area contributed by atoms with Crippen molar-refractivity contribution < 1.29 is 9.59 Å². The molecule has 1 heterocycles. The summed E-state index contributed by atoms with van der Waals surface area (Å²) in [6.07, 6.45) is 2.76. The number of rotatable bonds is 4. The first-order valence-corrected chi connectivity index (χ1v) is 6.41. The van der Waals surface area contributed by atoms with Gasteiger partial charge in [-0.3, -0.25) is 9.59 Å². The van der Waals surface area contributed by atoms with Gasteiger partial charge in [-0.15, -0.1) is 0 Å². The average molecular weight is 244 g/mol. The van der Waals surface area contributed by atoms with Crippen molar-refractivity contribution in [2.45, 2.75) is 25.3 Å². The van der Waals surface area contributed by atoms with Crippen molar-refractivity contribution in [2.75, 3.05) is 11.4 Å². The zero-order valence-corrected chi connectivity index (χ0v) is 10.1. The molecule has 2 fully saturated rings. The Labute approximate surface area is 106 Å². The minimum Gasteiger partial charge on any atom is -0.305 e. The maximum absolute atomic E-state index is 12.2. The maximum atomic E-state index is 12.2. The van der Waals surface area contributed by atoms with Gasteiger partial charge in [0.15, 0.2) is 0 Å². The van der Waals surface area contributed by atoms with Crippen LogP contribution in [0.2, 0.25) is 0 Å². The molecule has 18 heavy (non-hydrogen) atoms. The third kappa shape index (κ3) is 2.16. The summed E-state index contributed by atoms with van der Waals surface area (Å²) in [5.41, 5.74) is 0.670. The van der Waals surface area contributed by atoms with Crippen LogP contribution in [0.5, 0.6) is 0 Å². The van der Waals surface area contributed by atoms with Gasteiger partial charge >= 0.3 is 0 Å². The van der Waals surface area contributed by atoms with E-state index in [1.54, 1.807) is 12.1 Å². The van der Waals surface area contributed by atoms with Crippen LogP contribution < -0.4 is 10.2 Å². The molecule has 1 N–H and O–H groups in total. The van der Waals surface area contributed by atoms with Crippen molar-refractivity contribution in [3.63, 3.8) is 0 Å². The average Bonchev–Trinajstić information content (AvgIpc) is 3.15. The summed E-state index contributed by atoms with van der Waals surface area (Å²) >= 11 is 0. The number of hydrogen-bond donors (Lipinski definition) is 1. The molecule has 2 amide bonds. The fraction of sp³-hybridized carbons (Fsp3) is 0.429. The van der Waals surface area contributed by atoms with E-state index in [1.165, 1.54) is 17.7 Å². The normalized spacial score (nSPS) is 23.8. The van der Waals surface area contributed by atoms with Crippen molar-refractivity contribution in [3.8, 4) is 0 Å². The van der Waals surface area contributed by atoms with Crippen molar-refractivity contribution in [2.24, 2.45) is 5.92 Å². The van der Waals surface area contributed by atoms with E-state index < -0.39 is 0 Å². The molecule has 4 heteroatoms. The molecule has 1 unspecified atom stereocenters. The Bertz CT molecular complexity index is 468. The summed E-state index contributed by atoms with van der Waals surface area (Å²) in [4.78, 5) is 25.4. The van der Waals surface area contributed by atoms with E-state index in [4.69, 9.17) is 0 Å². The van der Waals surface area contributed by atoms with E-state index in [-0.39, 0.29) is 24.3 Å². The monoisotopic (exact) mass is 244 g/mol. The minimum absolute atomic E-state index is 0.112. The summed E-state index contributed by atoms with van der Waals surface area (Å²) in [5.74, 6) is 0.477. The molecular formula is C14H16N2O2. The lowest BCUT2D eigenvalue weighted by molar-refractivity contribution is -0.121. The van der Waals surface area contributed by atoms with E-state index in [0.717, 1.165) is 6.54 Å². The van der Waals surface area contributed by atoms with Gasteiger partial charge in [0.25, 0.3) is 5.91 Å². The van der Waals surface area contributed by atoms with Crippen molar-refractivity contribution in [1.82, 2.24) is 5.32 Å². The second-order valence-corrected chi connectivity index (χ2v) is 5.01. The molecule has 1 saturated carbocycles. The molecule has 1 atom stereocenters. The summed E-state index contributed by atoms with van der Waals surface area (Å²) in [6, 6.07) is 8.79. The molecule has 94 valence electrons. The van der Waals surface area contributed by atoms with Crippen LogP contribution in [-0.4, -0.2) is 24.4 Å². The Morgan fingerprint density at radius 1 is 1.17 bits per heavy atom. The summed E-state index contributed by atoms with van der Waals surface area (Å²) in [6.45, 7) is 0.853. The number of benzene rings is 1. The number of hydrogen-bond acceptors (Lipinski definition) is 3. The first-order valence-electron chi connectivity index (χ1n) is 6.41. The number of amides is 2. The minimum atomic E-state index is -0.335. The van der Waals surface area contributed by atoms with Crippen LogP contribution >= 0.6 is 0 Å². The maximum Gasteiger partial charge on any atom is 0.251 e. The van der Waals surface area contributed by atoms with Crippen LogP contribution in [0.3, 0.4) is 0 Å². The highest BCUT2D eigenvalue weighted by atomic mass is 16.2. The Kier molecular flexibility index (Phi) is 2.88. The third-order valence-electron chi connectivity index (χ3n) is 3.51. The Morgan fingerprint density at radius 3 is 2.56 bits per heavy atom. The SMILES string of the molecule is O=C1CC(NCC2CC2)C(=O)N1c1ccccc1. The topological polar surface area (TPSA) is 49.4 Å². The third-order valence-corrected chi connectivity index (χ3v) is 3.51. The fourth-order valence-corrected chi connectivity index (χ4v) is 2.27. The number of carbonyl (C=O) groups is 2. The van der Waals surface area contributed by atoms with Gasteiger partial charge in [-0.05, 0) is 37.4 Å². The highest BCUT2D eigenvalue weighted by molar-refractivity contribution is 6.22. The van der Waals surface area contributed by atoms with Crippen LogP contribution in [0.15, 0.2) is 30.3 Å². The first kappa shape index (κ1) is 11.4. The molecule has 0 spiro atoms. The Morgan fingerprint density at radius 2 is 1.89 bits per heavy atom. The molecule has 3 rings (SSSR count). The zero-order chi connectivity index (χ0) is 12.5. The lowest BCUT2D eigenvalue weighted by Gasteiger charge is -2.15. The van der Waals surface area contributed by atoms with Gasteiger partial charge < -0.3 is 5.32 Å². The van der Waals surface area contributed by atoms with Crippen molar-refractivity contribution in [3.05, 3.63) is 30.3 Å². The van der Waals surface area contributed by atoms with Gasteiger partial charge in [-0.2, -0.15) is 0 Å². The summed E-state index contributed by atoms with van der Waals surface area (Å²) < 4.78 is 0. The quantitative estimate of drug-likeness (QED) is 0.813. The van der Waals surface area contributed by atoms with Gasteiger partial charge in [-0.25, -0.2) is 4.90 Å². The number of para-hydroxylation sites is 1. The lowest BCUT2D eigenvalue weighted by atomic mass is 10.2. The van der Waals surface area contributed by atoms with E-state index in [2.05, 4.69) is 5.32 Å². The van der Waals surface area contributed by atoms with Crippen LogP contribution in [0, 0.1) is 5.92 Å². The van der Waals surface area contributed by atoms with Crippen LogP contribution in [0.1, 0.15) is 19.3 Å². The van der Waals surface area contributed by atoms with E-state index in [0.29, 0.717) is 11.6 Å². The largest absolute Gasteiger partial charge is 0.305 e. The van der Waals surface area contributed by atoms with Crippen molar-refractivity contribution >= 4 is 17.5 Å². The number of nitrogens with one attached hydrogen (secondary N) is 1. The number of carbonyl (C=O) groups excluding carboxylic acids is 2. The number of nitrogens with zero attached hydrogens (tertiary/aromatic N) is 1. The van der Waals surface area contributed by atoms with Gasteiger partial charge in [0.05, 0.1) is 18.2 Å². The second-order valence-electron chi connectivity index (χ2n) is 5.01. The predicted molar refractivity (Wildman–Crippen MR) is 68.1 cm³/mol. The first-order chi connectivity index (χ1) is 8.75. The lowest BCUT2D eigenvalue weighted by Crippen LogP contribution is -2.39. The fourth-order valence-electron chi connectivity index (χ4n) is 2.27. The van der Waals surface area contributed by atoms with Gasteiger partial charge in [0, 0.05) is 0 Å². The number of imide groups is 1. The Hall–Kier alpha value is -1.68. The predicted octanol–water partition coefficient (Wildman–Crippen LogP) is 1.32. The molecule has 1 aromatic carbocycles. The van der Waals surface area contributed by atoms with Crippen LogP contribution in [0.25, 0.3) is 0 Å². The van der Waals surface area contributed by atoms with E-state index in [9.17, 15) is 9.59 Å². The molecule has 0 aromatic heterocycles. The van der Waals surface area contributed by atoms with Crippen molar-refractivity contribution in [1.29, 1.82) is 0 Å². The number of anilines is 1. The molecule has 1 aliphatic heterocycles. The van der Waals surface area contributed by atoms with Crippen LogP contribution in [0.4, 0.5) is 5.69 Å². The molecule has 1 saturated heterocycles. The van der Waals surface area contributed by atoms with E-state index >= 15 is 0 Å². The Balaban J connectivity index is 1.71. The second kappa shape index (κ2) is 4.53. The van der Waals surface area contributed by atoms with Gasteiger partial charge in [-0.1, -0.05) is 18.2 Å². The molecular weight excluding hydrogens is 228 g/mol. The molecule has 0 bridgehead atoms. The zero-order valence-electron chi connectivity index (χ0n) is 10.1. The summed E-state index contributed by atoms with van der Waals surface area (Å²) in [7, 11) is 0. The summed E-state index contributed by atoms with van der Waals surface area (Å²) in [5, 5.41) is 3.21. The van der Waals surface area contributed by atoms with Gasteiger partial charge in [0.1, 0.15) is 0 Å². The molecule has 4 nitrogen and oxygen atoms in total.